The molecule has 1 heterocycles. The van der Waals surface area contributed by atoms with Crippen LogP contribution < -0.4 is 11.1 Å². The van der Waals surface area contributed by atoms with Crippen molar-refractivity contribution in [1.82, 2.24) is 5.32 Å². The average Bonchev–Trinajstić information content (AvgIpc) is 1.94. The molecule has 5 heteroatoms. The van der Waals surface area contributed by atoms with E-state index in [4.69, 9.17) is 15.2 Å². The van der Waals surface area contributed by atoms with Crippen molar-refractivity contribution in [2.24, 2.45) is 5.73 Å². The summed E-state index contributed by atoms with van der Waals surface area (Å²) in [4.78, 5) is 11.2. The van der Waals surface area contributed by atoms with Crippen molar-refractivity contribution in [3.63, 3.8) is 0 Å². The smallest absolute Gasteiger partial charge is 0.407 e. The highest BCUT2D eigenvalue weighted by atomic mass is 16.6. The maximum atomic E-state index is 11.2. The minimum atomic E-state index is -0.470. The van der Waals surface area contributed by atoms with Gasteiger partial charge in [0.1, 0.15) is 5.60 Å². The van der Waals surface area contributed by atoms with E-state index in [1.54, 1.807) is 0 Å². The lowest BCUT2D eigenvalue weighted by Crippen LogP contribution is -2.63. The molecule has 0 atom stereocenters. The maximum Gasteiger partial charge on any atom is 0.407 e. The molecule has 82 valence electrons. The number of rotatable bonds is 2. The summed E-state index contributed by atoms with van der Waals surface area (Å²) in [5.41, 5.74) is 4.94. The fourth-order valence-corrected chi connectivity index (χ4v) is 1.03. The van der Waals surface area contributed by atoms with E-state index in [0.717, 1.165) is 0 Å². The molecule has 1 aliphatic rings. The molecule has 0 aromatic carbocycles. The van der Waals surface area contributed by atoms with Gasteiger partial charge in [-0.3, -0.25) is 0 Å². The van der Waals surface area contributed by atoms with Crippen LogP contribution in [-0.4, -0.2) is 37.0 Å². The minimum Gasteiger partial charge on any atom is -0.444 e. The quantitative estimate of drug-likeness (QED) is 0.672. The Balaban J connectivity index is 2.21. The highest BCUT2D eigenvalue weighted by Crippen LogP contribution is 2.12. The van der Waals surface area contributed by atoms with E-state index in [1.807, 2.05) is 20.8 Å². The van der Waals surface area contributed by atoms with Crippen LogP contribution in [0.4, 0.5) is 4.79 Å². The molecular formula is C9H18N2O3. The first kappa shape index (κ1) is 11.3. The normalized spacial score (nSPS) is 19.7. The highest BCUT2D eigenvalue weighted by Gasteiger charge is 2.34. The van der Waals surface area contributed by atoms with Crippen LogP contribution in [0.2, 0.25) is 0 Å². The number of amides is 1. The zero-order valence-corrected chi connectivity index (χ0v) is 8.92. The van der Waals surface area contributed by atoms with Crippen LogP contribution in [0.5, 0.6) is 0 Å². The van der Waals surface area contributed by atoms with Crippen LogP contribution in [0, 0.1) is 0 Å². The van der Waals surface area contributed by atoms with E-state index in [9.17, 15) is 4.79 Å². The lowest BCUT2D eigenvalue weighted by atomic mass is 10.00. The summed E-state index contributed by atoms with van der Waals surface area (Å²) < 4.78 is 10.0. The molecule has 0 aromatic rings. The van der Waals surface area contributed by atoms with Crippen molar-refractivity contribution in [2.75, 3.05) is 19.8 Å². The Kier molecular flexibility index (Phi) is 3.01. The van der Waals surface area contributed by atoms with Crippen molar-refractivity contribution in [3.05, 3.63) is 0 Å². The number of ether oxygens (including phenoxy) is 2. The standard InChI is InChI=1S/C9H18N2O3/c1-8(2,3)14-7(12)11-4-9(10)5-13-6-9/h4-6,10H2,1-3H3,(H,11,12). The summed E-state index contributed by atoms with van der Waals surface area (Å²) >= 11 is 0. The Bertz CT molecular complexity index is 219. The summed E-state index contributed by atoms with van der Waals surface area (Å²) in [5, 5.41) is 2.62. The molecule has 1 fully saturated rings. The predicted octanol–water partition coefficient (Wildman–Crippen LogP) is 0.239. The third-order valence-corrected chi connectivity index (χ3v) is 1.76. The van der Waals surface area contributed by atoms with Gasteiger partial charge in [0, 0.05) is 6.54 Å². The molecule has 3 N–H and O–H groups in total. The topological polar surface area (TPSA) is 73.6 Å². The van der Waals surface area contributed by atoms with Crippen molar-refractivity contribution in [3.8, 4) is 0 Å². The van der Waals surface area contributed by atoms with Crippen LogP contribution >= 0.6 is 0 Å². The van der Waals surface area contributed by atoms with Gasteiger partial charge in [-0.25, -0.2) is 4.79 Å². The van der Waals surface area contributed by atoms with Crippen LogP contribution in [0.1, 0.15) is 20.8 Å². The van der Waals surface area contributed by atoms with E-state index in [1.165, 1.54) is 0 Å². The first-order chi connectivity index (χ1) is 6.31. The number of alkyl carbamates (subject to hydrolysis) is 1. The van der Waals surface area contributed by atoms with Gasteiger partial charge in [0.2, 0.25) is 0 Å². The van der Waals surface area contributed by atoms with Crippen molar-refractivity contribution < 1.29 is 14.3 Å². The van der Waals surface area contributed by atoms with Crippen molar-refractivity contribution in [1.29, 1.82) is 0 Å². The zero-order valence-electron chi connectivity index (χ0n) is 8.92. The van der Waals surface area contributed by atoms with E-state index in [2.05, 4.69) is 5.32 Å². The van der Waals surface area contributed by atoms with Gasteiger partial charge in [-0.15, -0.1) is 0 Å². The summed E-state index contributed by atoms with van der Waals surface area (Å²) in [6.45, 7) is 6.82. The van der Waals surface area contributed by atoms with Crippen LogP contribution in [0.25, 0.3) is 0 Å². The van der Waals surface area contributed by atoms with Gasteiger partial charge in [0.25, 0.3) is 0 Å². The molecule has 14 heavy (non-hydrogen) atoms. The summed E-state index contributed by atoms with van der Waals surface area (Å²) in [6, 6.07) is 0. The van der Waals surface area contributed by atoms with Gasteiger partial charge in [-0.1, -0.05) is 0 Å². The second-order valence-electron chi connectivity index (χ2n) is 4.71. The first-order valence-corrected chi connectivity index (χ1v) is 4.64. The van der Waals surface area contributed by atoms with Gasteiger partial charge in [0.05, 0.1) is 18.8 Å². The maximum absolute atomic E-state index is 11.2. The molecule has 5 nitrogen and oxygen atoms in total. The van der Waals surface area contributed by atoms with Gasteiger partial charge < -0.3 is 20.5 Å². The highest BCUT2D eigenvalue weighted by molar-refractivity contribution is 5.67. The van der Waals surface area contributed by atoms with E-state index in [0.29, 0.717) is 19.8 Å². The van der Waals surface area contributed by atoms with Gasteiger partial charge in [0.15, 0.2) is 0 Å². The van der Waals surface area contributed by atoms with Crippen LogP contribution in [0.3, 0.4) is 0 Å². The molecule has 1 saturated heterocycles. The molecule has 0 bridgehead atoms. The summed E-state index contributed by atoms with van der Waals surface area (Å²) in [5.74, 6) is 0. The van der Waals surface area contributed by atoms with Crippen molar-refractivity contribution >= 4 is 6.09 Å². The number of carbonyl (C=O) groups is 1. The molecule has 0 unspecified atom stereocenters. The Hall–Kier alpha value is -0.810. The van der Waals surface area contributed by atoms with Gasteiger partial charge >= 0.3 is 6.09 Å². The molecule has 0 aliphatic carbocycles. The Morgan fingerprint density at radius 1 is 1.57 bits per heavy atom. The lowest BCUT2D eigenvalue weighted by Gasteiger charge is -2.37. The fourth-order valence-electron chi connectivity index (χ4n) is 1.03. The third-order valence-electron chi connectivity index (χ3n) is 1.76. The number of nitrogens with one attached hydrogen (secondary N) is 1. The minimum absolute atomic E-state index is 0.391. The molecule has 1 aliphatic heterocycles. The average molecular weight is 202 g/mol. The second kappa shape index (κ2) is 3.74. The van der Waals surface area contributed by atoms with E-state index in [-0.39, 0.29) is 0 Å². The molecule has 0 aromatic heterocycles. The zero-order chi connectivity index (χ0) is 10.8. The lowest BCUT2D eigenvalue weighted by molar-refractivity contribution is -0.0527. The van der Waals surface area contributed by atoms with E-state index >= 15 is 0 Å². The molecular weight excluding hydrogens is 184 g/mol. The third kappa shape index (κ3) is 3.51. The Morgan fingerprint density at radius 3 is 2.50 bits per heavy atom. The largest absolute Gasteiger partial charge is 0.444 e. The van der Waals surface area contributed by atoms with E-state index < -0.39 is 17.2 Å². The SMILES string of the molecule is CC(C)(C)OC(=O)NCC1(N)COC1. The number of hydrogen-bond acceptors (Lipinski definition) is 4. The summed E-state index contributed by atoms with van der Waals surface area (Å²) in [7, 11) is 0. The molecule has 0 radical (unpaired) electrons. The number of hydrogen-bond donors (Lipinski definition) is 2. The van der Waals surface area contributed by atoms with Crippen LogP contribution in [0.15, 0.2) is 0 Å². The predicted molar refractivity (Wildman–Crippen MR) is 52.0 cm³/mol. The monoisotopic (exact) mass is 202 g/mol. The fraction of sp³-hybridized carbons (Fsp3) is 0.889. The molecule has 0 saturated carbocycles. The summed E-state index contributed by atoms with van der Waals surface area (Å²) in [6.07, 6.45) is -0.436. The van der Waals surface area contributed by atoms with Gasteiger partial charge in [-0.05, 0) is 20.8 Å². The molecule has 1 rings (SSSR count). The second-order valence-corrected chi connectivity index (χ2v) is 4.71. The Morgan fingerprint density at radius 2 is 2.14 bits per heavy atom. The first-order valence-electron chi connectivity index (χ1n) is 4.64. The number of carbonyl (C=O) groups excluding carboxylic acids is 1. The molecule has 0 spiro atoms. The number of nitrogens with two attached hydrogens (primary N) is 1. The van der Waals surface area contributed by atoms with Crippen LogP contribution in [-0.2, 0) is 9.47 Å². The Labute approximate surface area is 83.9 Å². The molecule has 1 amide bonds. The van der Waals surface area contributed by atoms with Crippen molar-refractivity contribution in [2.45, 2.75) is 31.9 Å². The van der Waals surface area contributed by atoms with Gasteiger partial charge in [-0.2, -0.15) is 0 Å².